The molecule has 1 saturated carbocycles. The molecule has 0 aromatic carbocycles. The van der Waals surface area contributed by atoms with Crippen LogP contribution in [0.5, 0.6) is 0 Å². The lowest BCUT2D eigenvalue weighted by Crippen LogP contribution is -2.26. The van der Waals surface area contributed by atoms with Gasteiger partial charge in [-0.1, -0.05) is 24.9 Å². The second kappa shape index (κ2) is 4.30. The number of hydrogen-bond donors (Lipinski definition) is 1. The highest BCUT2D eigenvalue weighted by molar-refractivity contribution is 5.88. The molecule has 2 aliphatic rings. The quantitative estimate of drug-likeness (QED) is 0.701. The molecule has 0 aromatic rings. The highest BCUT2D eigenvalue weighted by Crippen LogP contribution is 2.35. The van der Waals surface area contributed by atoms with Gasteiger partial charge < -0.3 is 9.94 Å². The van der Waals surface area contributed by atoms with Crippen LogP contribution in [0, 0.1) is 5.92 Å². The number of hydrogen-bond acceptors (Lipinski definition) is 3. The molecule has 1 heterocycles. The van der Waals surface area contributed by atoms with E-state index < -0.39 is 0 Å². The Hall–Kier alpha value is -0.570. The van der Waals surface area contributed by atoms with Crippen LogP contribution < -0.4 is 0 Å². The first-order chi connectivity index (χ1) is 6.83. The molecule has 3 atom stereocenters. The Morgan fingerprint density at radius 1 is 1.43 bits per heavy atom. The van der Waals surface area contributed by atoms with Gasteiger partial charge in [0.2, 0.25) is 0 Å². The van der Waals surface area contributed by atoms with Gasteiger partial charge in [0.15, 0.2) is 0 Å². The summed E-state index contributed by atoms with van der Waals surface area (Å²) in [5, 5.41) is 13.9. The molecule has 0 spiro atoms. The molecule has 1 aliphatic heterocycles. The van der Waals surface area contributed by atoms with Crippen molar-refractivity contribution in [2.24, 2.45) is 11.1 Å². The maximum Gasteiger partial charge on any atom is 0.138 e. The largest absolute Gasteiger partial charge is 0.392 e. The van der Waals surface area contributed by atoms with Gasteiger partial charge >= 0.3 is 0 Å². The molecule has 0 aromatic heterocycles. The van der Waals surface area contributed by atoms with Crippen molar-refractivity contribution in [3.8, 4) is 0 Å². The maximum atomic E-state index is 9.77. The molecular weight excluding hydrogens is 178 g/mol. The molecule has 1 fully saturated rings. The minimum Gasteiger partial charge on any atom is -0.392 e. The van der Waals surface area contributed by atoms with Crippen LogP contribution in [0.1, 0.15) is 45.4 Å². The van der Waals surface area contributed by atoms with Crippen LogP contribution in [-0.2, 0) is 4.84 Å². The fourth-order valence-electron chi connectivity index (χ4n) is 2.46. The summed E-state index contributed by atoms with van der Waals surface area (Å²) < 4.78 is 0. The smallest absolute Gasteiger partial charge is 0.138 e. The molecule has 1 aliphatic carbocycles. The molecule has 2 rings (SSSR count). The topological polar surface area (TPSA) is 41.8 Å². The third-order valence-corrected chi connectivity index (χ3v) is 3.29. The number of rotatable bonds is 4. The summed E-state index contributed by atoms with van der Waals surface area (Å²) in [6.07, 6.45) is 6.47. The van der Waals surface area contributed by atoms with E-state index in [0.717, 1.165) is 25.0 Å². The van der Waals surface area contributed by atoms with Crippen LogP contribution in [0.3, 0.4) is 0 Å². The van der Waals surface area contributed by atoms with Gasteiger partial charge in [-0.25, -0.2) is 0 Å². The van der Waals surface area contributed by atoms with E-state index >= 15 is 0 Å². The second-order valence-electron chi connectivity index (χ2n) is 4.35. The maximum absolute atomic E-state index is 9.77. The first-order valence-electron chi connectivity index (χ1n) is 5.73. The molecule has 80 valence electrons. The number of aliphatic hydroxyl groups is 1. The molecule has 14 heavy (non-hydrogen) atoms. The van der Waals surface area contributed by atoms with Crippen molar-refractivity contribution >= 4 is 5.71 Å². The van der Waals surface area contributed by atoms with E-state index in [1.165, 1.54) is 19.3 Å². The average Bonchev–Trinajstić information content (AvgIpc) is 2.72. The van der Waals surface area contributed by atoms with Gasteiger partial charge in [0.1, 0.15) is 6.10 Å². The molecule has 3 nitrogen and oxygen atoms in total. The lowest BCUT2D eigenvalue weighted by molar-refractivity contribution is 0.0582. The Kier molecular flexibility index (Phi) is 3.06. The molecule has 1 N–H and O–H groups in total. The molecule has 0 amide bonds. The number of unbranched alkanes of at least 4 members (excludes halogenated alkanes) is 2. The van der Waals surface area contributed by atoms with Gasteiger partial charge in [-0.2, -0.15) is 0 Å². The lowest BCUT2D eigenvalue weighted by atomic mass is 9.94. The molecule has 3 heteroatoms. The van der Waals surface area contributed by atoms with Crippen LogP contribution in [0.2, 0.25) is 0 Å². The highest BCUT2D eigenvalue weighted by Gasteiger charge is 2.43. The Morgan fingerprint density at radius 2 is 2.29 bits per heavy atom. The van der Waals surface area contributed by atoms with Gasteiger partial charge in [0, 0.05) is 0 Å². The summed E-state index contributed by atoms with van der Waals surface area (Å²) >= 11 is 0. The van der Waals surface area contributed by atoms with E-state index in [4.69, 9.17) is 4.84 Å². The lowest BCUT2D eigenvalue weighted by Gasteiger charge is -2.12. The molecule has 0 bridgehead atoms. The fourth-order valence-corrected chi connectivity index (χ4v) is 2.46. The van der Waals surface area contributed by atoms with E-state index in [-0.39, 0.29) is 18.1 Å². The Balaban J connectivity index is 1.86. The first kappa shape index (κ1) is 9.97. The predicted octanol–water partition coefficient (Wildman–Crippen LogP) is 2.09. The van der Waals surface area contributed by atoms with E-state index in [0.29, 0.717) is 0 Å². The molecule has 0 radical (unpaired) electrons. The van der Waals surface area contributed by atoms with Crippen molar-refractivity contribution in [3.05, 3.63) is 0 Å². The summed E-state index contributed by atoms with van der Waals surface area (Å²) in [5.74, 6) is 0.215. The Bertz CT molecular complexity index is 227. The first-order valence-corrected chi connectivity index (χ1v) is 5.73. The van der Waals surface area contributed by atoms with E-state index in [1.807, 2.05) is 0 Å². The standard InChI is InChI=1S/C11H19NO2/c1-2-3-4-5-8-11-9(13)6-7-10(11)14-12-8/h9-11,13H,2-7H2,1H3. The zero-order chi connectivity index (χ0) is 9.97. The molecule has 3 unspecified atom stereocenters. The number of oxime groups is 1. The number of fused-ring (bicyclic) bond motifs is 1. The zero-order valence-corrected chi connectivity index (χ0v) is 8.78. The third-order valence-electron chi connectivity index (χ3n) is 3.29. The van der Waals surface area contributed by atoms with Crippen molar-refractivity contribution in [1.29, 1.82) is 0 Å². The third kappa shape index (κ3) is 1.78. The van der Waals surface area contributed by atoms with Gasteiger partial charge in [-0.05, 0) is 25.7 Å². The van der Waals surface area contributed by atoms with Gasteiger partial charge in [0.25, 0.3) is 0 Å². The van der Waals surface area contributed by atoms with Gasteiger partial charge in [-0.15, -0.1) is 0 Å². The van der Waals surface area contributed by atoms with Crippen LogP contribution in [0.25, 0.3) is 0 Å². The Labute approximate surface area is 85.1 Å². The minimum atomic E-state index is -0.206. The van der Waals surface area contributed by atoms with E-state index in [9.17, 15) is 5.11 Å². The molecular formula is C11H19NO2. The number of nitrogens with zero attached hydrogens (tertiary/aromatic N) is 1. The predicted molar refractivity (Wildman–Crippen MR) is 55.2 cm³/mol. The summed E-state index contributed by atoms with van der Waals surface area (Å²) in [6, 6.07) is 0. The Morgan fingerprint density at radius 3 is 3.07 bits per heavy atom. The van der Waals surface area contributed by atoms with Crippen LogP contribution >= 0.6 is 0 Å². The minimum absolute atomic E-state index is 0.182. The monoisotopic (exact) mass is 197 g/mol. The summed E-state index contributed by atoms with van der Waals surface area (Å²) in [7, 11) is 0. The van der Waals surface area contributed by atoms with Crippen LogP contribution in [0.4, 0.5) is 0 Å². The fraction of sp³-hybridized carbons (Fsp3) is 0.909. The zero-order valence-electron chi connectivity index (χ0n) is 8.78. The summed E-state index contributed by atoms with van der Waals surface area (Å²) in [4.78, 5) is 5.32. The normalized spacial score (nSPS) is 35.3. The number of aliphatic hydroxyl groups excluding tert-OH is 1. The van der Waals surface area contributed by atoms with Gasteiger partial charge in [0.05, 0.1) is 17.7 Å². The van der Waals surface area contributed by atoms with Crippen LogP contribution in [-0.4, -0.2) is 23.0 Å². The average molecular weight is 197 g/mol. The summed E-state index contributed by atoms with van der Waals surface area (Å²) in [6.45, 7) is 2.19. The van der Waals surface area contributed by atoms with Crippen LogP contribution in [0.15, 0.2) is 5.16 Å². The highest BCUT2D eigenvalue weighted by atomic mass is 16.6. The van der Waals surface area contributed by atoms with E-state index in [2.05, 4.69) is 12.1 Å². The van der Waals surface area contributed by atoms with Crippen molar-refractivity contribution in [2.75, 3.05) is 0 Å². The molecule has 0 saturated heterocycles. The van der Waals surface area contributed by atoms with Crippen molar-refractivity contribution in [3.63, 3.8) is 0 Å². The van der Waals surface area contributed by atoms with Gasteiger partial charge in [-0.3, -0.25) is 0 Å². The van der Waals surface area contributed by atoms with Crippen molar-refractivity contribution in [2.45, 2.75) is 57.7 Å². The van der Waals surface area contributed by atoms with E-state index in [1.54, 1.807) is 0 Å². The SMILES string of the molecule is CCCCCC1=NOC2CCC(O)C12. The summed E-state index contributed by atoms with van der Waals surface area (Å²) in [5.41, 5.74) is 1.11. The second-order valence-corrected chi connectivity index (χ2v) is 4.35. The van der Waals surface area contributed by atoms with Crippen molar-refractivity contribution < 1.29 is 9.94 Å². The van der Waals surface area contributed by atoms with Crippen molar-refractivity contribution in [1.82, 2.24) is 0 Å².